The molecule has 0 spiro atoms. The van der Waals surface area contributed by atoms with Crippen LogP contribution in [0, 0.1) is 11.8 Å². The fraction of sp³-hybridized carbons (Fsp3) is 1.00. The van der Waals surface area contributed by atoms with Crippen LogP contribution in [0.15, 0.2) is 0 Å². The first-order valence-electron chi connectivity index (χ1n) is 6.20. The molecule has 0 nitrogen and oxygen atoms in total. The van der Waals surface area contributed by atoms with Crippen LogP contribution in [-0.2, 0) is 0 Å². The van der Waals surface area contributed by atoms with Gasteiger partial charge in [-0.3, -0.25) is 0 Å². The van der Waals surface area contributed by atoms with E-state index in [2.05, 4.69) is 27.7 Å². The highest BCUT2D eigenvalue weighted by atomic mass is 14.2. The fourth-order valence-electron chi connectivity index (χ4n) is 1.43. The summed E-state index contributed by atoms with van der Waals surface area (Å²) in [5.74, 6) is 2.04. The molecule has 13 heavy (non-hydrogen) atoms. The van der Waals surface area contributed by atoms with Crippen molar-refractivity contribution in [1.82, 2.24) is 0 Å². The Morgan fingerprint density at radius 3 is 1.08 bits per heavy atom. The highest BCUT2D eigenvalue weighted by Crippen LogP contribution is 2.27. The minimum atomic E-state index is 1.02. The van der Waals surface area contributed by atoms with Gasteiger partial charge < -0.3 is 0 Å². The zero-order valence-electron chi connectivity index (χ0n) is 10.7. The molecular formula is C13H30. The lowest BCUT2D eigenvalue weighted by molar-refractivity contribution is 0.308. The number of rotatable bonds is 0. The van der Waals surface area contributed by atoms with Crippen LogP contribution in [0.1, 0.15) is 73.6 Å². The maximum atomic E-state index is 2.37. The standard InChI is InChI=1S/C8H16.C3H8.C2H6/c1-7-3-5-8(2)6-4-7;1-3-2;1-2/h7-8H,3-6H2,1-2H3;3H2,1-2H3;1-2H3. The highest BCUT2D eigenvalue weighted by molar-refractivity contribution is 4.65. The van der Waals surface area contributed by atoms with Crippen molar-refractivity contribution in [1.29, 1.82) is 0 Å². The summed E-state index contributed by atoms with van der Waals surface area (Å²) in [6, 6.07) is 0. The molecule has 0 aromatic rings. The van der Waals surface area contributed by atoms with E-state index in [9.17, 15) is 0 Å². The first-order valence-corrected chi connectivity index (χ1v) is 6.20. The van der Waals surface area contributed by atoms with Crippen LogP contribution in [0.25, 0.3) is 0 Å². The zero-order chi connectivity index (χ0) is 10.7. The van der Waals surface area contributed by atoms with E-state index in [4.69, 9.17) is 0 Å². The van der Waals surface area contributed by atoms with Crippen LogP contribution in [0.5, 0.6) is 0 Å². The minimum absolute atomic E-state index is 1.02. The quantitative estimate of drug-likeness (QED) is 0.483. The van der Waals surface area contributed by atoms with E-state index in [0.29, 0.717) is 0 Å². The molecular weight excluding hydrogens is 156 g/mol. The van der Waals surface area contributed by atoms with Crippen molar-refractivity contribution in [3.8, 4) is 0 Å². The Balaban J connectivity index is 0. The molecule has 82 valence electrons. The van der Waals surface area contributed by atoms with Crippen LogP contribution in [0.4, 0.5) is 0 Å². The van der Waals surface area contributed by atoms with E-state index >= 15 is 0 Å². The van der Waals surface area contributed by atoms with Gasteiger partial charge in [-0.15, -0.1) is 0 Å². The maximum absolute atomic E-state index is 2.37. The van der Waals surface area contributed by atoms with Crippen LogP contribution in [0.2, 0.25) is 0 Å². The Labute approximate surface area is 86.1 Å². The summed E-state index contributed by atoms with van der Waals surface area (Å²) in [5, 5.41) is 0. The van der Waals surface area contributed by atoms with Crippen molar-refractivity contribution in [3.05, 3.63) is 0 Å². The first-order chi connectivity index (χ1) is 6.20. The van der Waals surface area contributed by atoms with E-state index in [1.807, 2.05) is 13.8 Å². The van der Waals surface area contributed by atoms with Gasteiger partial charge in [-0.25, -0.2) is 0 Å². The van der Waals surface area contributed by atoms with Gasteiger partial charge in [0.25, 0.3) is 0 Å². The molecule has 0 atom stereocenters. The monoisotopic (exact) mass is 186 g/mol. The van der Waals surface area contributed by atoms with E-state index in [0.717, 1.165) is 11.8 Å². The molecule has 0 aromatic heterocycles. The SMILES string of the molecule is CC.CC1CCC(C)CC1.CCC. The summed E-state index contributed by atoms with van der Waals surface area (Å²) < 4.78 is 0. The Bertz CT molecular complexity index is 58.1. The predicted octanol–water partition coefficient (Wildman–Crippen LogP) is 5.28. The van der Waals surface area contributed by atoms with Crippen molar-refractivity contribution in [2.24, 2.45) is 11.8 Å². The molecule has 0 heteroatoms. The van der Waals surface area contributed by atoms with Gasteiger partial charge in [-0.1, -0.05) is 73.6 Å². The second kappa shape index (κ2) is 12.0. The van der Waals surface area contributed by atoms with Gasteiger partial charge in [0.15, 0.2) is 0 Å². The summed E-state index contributed by atoms with van der Waals surface area (Å²) >= 11 is 0. The molecule has 1 saturated carbocycles. The fourth-order valence-corrected chi connectivity index (χ4v) is 1.43. The van der Waals surface area contributed by atoms with Gasteiger partial charge in [-0.2, -0.15) is 0 Å². The zero-order valence-corrected chi connectivity index (χ0v) is 10.7. The molecule has 0 heterocycles. The molecule has 0 N–H and O–H groups in total. The lowest BCUT2D eigenvalue weighted by Gasteiger charge is -2.22. The molecule has 1 fully saturated rings. The third-order valence-corrected chi connectivity index (χ3v) is 2.30. The summed E-state index contributed by atoms with van der Waals surface area (Å²) in [7, 11) is 0. The van der Waals surface area contributed by atoms with Gasteiger partial charge in [0.2, 0.25) is 0 Å². The molecule has 1 rings (SSSR count). The average molecular weight is 186 g/mol. The molecule has 1 aliphatic rings. The second-order valence-electron chi connectivity index (χ2n) is 4.07. The third kappa shape index (κ3) is 12.0. The largest absolute Gasteiger partial charge is 0.0683 e. The van der Waals surface area contributed by atoms with Crippen LogP contribution in [-0.4, -0.2) is 0 Å². The summed E-state index contributed by atoms with van der Waals surface area (Å²) in [6.07, 6.45) is 7.14. The smallest absolute Gasteiger partial charge is 0.0443 e. The van der Waals surface area contributed by atoms with Gasteiger partial charge in [0, 0.05) is 0 Å². The van der Waals surface area contributed by atoms with Crippen LogP contribution in [0.3, 0.4) is 0 Å². The molecule has 1 aliphatic carbocycles. The summed E-state index contributed by atoms with van der Waals surface area (Å²) in [6.45, 7) is 13.0. The van der Waals surface area contributed by atoms with Crippen molar-refractivity contribution < 1.29 is 0 Å². The van der Waals surface area contributed by atoms with Gasteiger partial charge in [-0.05, 0) is 11.8 Å². The van der Waals surface area contributed by atoms with E-state index in [-0.39, 0.29) is 0 Å². The van der Waals surface area contributed by atoms with E-state index in [1.54, 1.807) is 0 Å². The molecule has 0 unspecified atom stereocenters. The van der Waals surface area contributed by atoms with Crippen LogP contribution < -0.4 is 0 Å². The number of hydrogen-bond donors (Lipinski definition) is 0. The Morgan fingerprint density at radius 2 is 0.923 bits per heavy atom. The van der Waals surface area contributed by atoms with Gasteiger partial charge in [0.1, 0.15) is 0 Å². The Kier molecular flexibility index (Phi) is 14.3. The first kappa shape index (κ1) is 15.5. The summed E-state index contributed by atoms with van der Waals surface area (Å²) in [4.78, 5) is 0. The molecule has 0 bridgehead atoms. The van der Waals surface area contributed by atoms with Gasteiger partial charge in [0.05, 0.1) is 0 Å². The van der Waals surface area contributed by atoms with E-state index in [1.165, 1.54) is 32.1 Å². The molecule has 0 amide bonds. The van der Waals surface area contributed by atoms with Crippen molar-refractivity contribution in [2.45, 2.75) is 73.6 Å². The lowest BCUT2D eigenvalue weighted by atomic mass is 9.84. The van der Waals surface area contributed by atoms with Crippen molar-refractivity contribution in [3.63, 3.8) is 0 Å². The predicted molar refractivity (Wildman–Crippen MR) is 64.1 cm³/mol. The topological polar surface area (TPSA) is 0 Å². The third-order valence-electron chi connectivity index (χ3n) is 2.30. The van der Waals surface area contributed by atoms with Crippen molar-refractivity contribution in [2.75, 3.05) is 0 Å². The average Bonchev–Trinajstić information content (AvgIpc) is 2.15. The van der Waals surface area contributed by atoms with Crippen LogP contribution >= 0.6 is 0 Å². The Hall–Kier alpha value is 0. The minimum Gasteiger partial charge on any atom is -0.0683 e. The molecule has 0 radical (unpaired) electrons. The normalized spacial score (nSPS) is 26.3. The van der Waals surface area contributed by atoms with Gasteiger partial charge >= 0.3 is 0 Å². The summed E-state index contributed by atoms with van der Waals surface area (Å²) in [5.41, 5.74) is 0. The molecule has 0 aromatic carbocycles. The van der Waals surface area contributed by atoms with E-state index < -0.39 is 0 Å². The molecule has 0 aliphatic heterocycles. The Morgan fingerprint density at radius 1 is 0.769 bits per heavy atom. The highest BCUT2D eigenvalue weighted by Gasteiger charge is 2.13. The van der Waals surface area contributed by atoms with Crippen molar-refractivity contribution >= 4 is 0 Å². The maximum Gasteiger partial charge on any atom is -0.0443 e. The number of hydrogen-bond acceptors (Lipinski definition) is 0. The second-order valence-corrected chi connectivity index (χ2v) is 4.07. The lowest BCUT2D eigenvalue weighted by Crippen LogP contribution is -2.08. The molecule has 0 saturated heterocycles.